The van der Waals surface area contributed by atoms with Crippen LogP contribution in [0.1, 0.15) is 26.7 Å². The van der Waals surface area contributed by atoms with Crippen molar-refractivity contribution in [2.24, 2.45) is 4.99 Å². The molecule has 0 aromatic rings. The molecule has 0 bridgehead atoms. The maximum Gasteiger partial charge on any atom is 0.193 e. The van der Waals surface area contributed by atoms with Crippen LogP contribution in [0.2, 0.25) is 0 Å². The summed E-state index contributed by atoms with van der Waals surface area (Å²) >= 11 is 0. The lowest BCUT2D eigenvalue weighted by molar-refractivity contribution is 0.163. The SMILES string of the molecule is CCCCN(C)C(=NCCN(C)CCOC)NCC.I. The van der Waals surface area contributed by atoms with Crippen LogP contribution in [0, 0.1) is 0 Å². The summed E-state index contributed by atoms with van der Waals surface area (Å²) in [5.74, 6) is 1.01. The number of nitrogens with zero attached hydrogens (tertiary/aromatic N) is 3. The second-order valence-corrected chi connectivity index (χ2v) is 4.81. The Morgan fingerprint density at radius 2 is 1.85 bits per heavy atom. The summed E-state index contributed by atoms with van der Waals surface area (Å²) in [4.78, 5) is 9.11. The van der Waals surface area contributed by atoms with E-state index in [2.05, 4.69) is 48.1 Å². The monoisotopic (exact) mass is 400 g/mol. The molecule has 1 N–H and O–H groups in total. The molecule has 0 fully saturated rings. The first-order valence-corrected chi connectivity index (χ1v) is 7.32. The van der Waals surface area contributed by atoms with Crippen LogP contribution < -0.4 is 5.32 Å². The Balaban J connectivity index is 0. The molecule has 0 amide bonds. The van der Waals surface area contributed by atoms with Gasteiger partial charge in [0, 0.05) is 40.3 Å². The molecule has 122 valence electrons. The Morgan fingerprint density at radius 3 is 2.40 bits per heavy atom. The zero-order valence-electron chi connectivity index (χ0n) is 13.8. The van der Waals surface area contributed by atoms with E-state index in [4.69, 9.17) is 4.74 Å². The topological polar surface area (TPSA) is 40.1 Å². The van der Waals surface area contributed by atoms with E-state index < -0.39 is 0 Å². The molecule has 0 atom stereocenters. The van der Waals surface area contributed by atoms with Crippen LogP contribution in [0.3, 0.4) is 0 Å². The van der Waals surface area contributed by atoms with E-state index in [1.54, 1.807) is 7.11 Å². The van der Waals surface area contributed by atoms with E-state index in [0.29, 0.717) is 0 Å². The molecule has 20 heavy (non-hydrogen) atoms. The number of guanidine groups is 1. The fourth-order valence-corrected chi connectivity index (χ4v) is 1.66. The largest absolute Gasteiger partial charge is 0.383 e. The third-order valence-corrected chi connectivity index (χ3v) is 2.96. The van der Waals surface area contributed by atoms with Crippen molar-refractivity contribution in [1.82, 2.24) is 15.1 Å². The zero-order chi connectivity index (χ0) is 14.5. The first-order chi connectivity index (χ1) is 9.15. The van der Waals surface area contributed by atoms with E-state index in [9.17, 15) is 0 Å². The normalized spacial score (nSPS) is 11.4. The number of nitrogens with one attached hydrogen (secondary N) is 1. The van der Waals surface area contributed by atoms with Gasteiger partial charge in [-0.2, -0.15) is 0 Å². The van der Waals surface area contributed by atoms with E-state index in [0.717, 1.165) is 45.3 Å². The molecule has 0 aliphatic rings. The van der Waals surface area contributed by atoms with Gasteiger partial charge in [-0.15, -0.1) is 24.0 Å². The average molecular weight is 400 g/mol. The second-order valence-electron chi connectivity index (χ2n) is 4.81. The lowest BCUT2D eigenvalue weighted by Crippen LogP contribution is -2.40. The van der Waals surface area contributed by atoms with Crippen molar-refractivity contribution in [1.29, 1.82) is 0 Å². The highest BCUT2D eigenvalue weighted by molar-refractivity contribution is 14.0. The van der Waals surface area contributed by atoms with Crippen LogP contribution >= 0.6 is 24.0 Å². The number of rotatable bonds is 10. The van der Waals surface area contributed by atoms with Gasteiger partial charge in [-0.3, -0.25) is 4.99 Å². The molecule has 5 nitrogen and oxygen atoms in total. The van der Waals surface area contributed by atoms with Crippen molar-refractivity contribution in [3.05, 3.63) is 0 Å². The number of hydrogen-bond acceptors (Lipinski definition) is 3. The minimum absolute atomic E-state index is 0. The molecule has 0 spiro atoms. The number of ether oxygens (including phenoxy) is 1. The maximum atomic E-state index is 5.06. The van der Waals surface area contributed by atoms with Gasteiger partial charge in [-0.1, -0.05) is 13.3 Å². The lowest BCUT2D eigenvalue weighted by atomic mass is 10.3. The second kappa shape index (κ2) is 15.3. The molecular formula is C14H33IN4O. The van der Waals surface area contributed by atoms with Crippen molar-refractivity contribution < 1.29 is 4.74 Å². The van der Waals surface area contributed by atoms with E-state index in [1.807, 2.05) is 0 Å². The third-order valence-electron chi connectivity index (χ3n) is 2.96. The first-order valence-electron chi connectivity index (χ1n) is 7.32. The fourth-order valence-electron chi connectivity index (χ4n) is 1.66. The standard InChI is InChI=1S/C14H32N4O.HI/c1-6-8-10-18(4)14(15-7-2)16-9-11-17(3)12-13-19-5;/h6-13H2,1-5H3,(H,15,16);1H. The summed E-state index contributed by atoms with van der Waals surface area (Å²) in [7, 11) is 5.94. The summed E-state index contributed by atoms with van der Waals surface area (Å²) in [6, 6.07) is 0. The quantitative estimate of drug-likeness (QED) is 0.345. The van der Waals surface area contributed by atoms with E-state index in [1.165, 1.54) is 12.8 Å². The summed E-state index contributed by atoms with van der Waals surface area (Å²) in [6.07, 6.45) is 2.41. The highest BCUT2D eigenvalue weighted by Crippen LogP contribution is 1.93. The highest BCUT2D eigenvalue weighted by atomic mass is 127. The van der Waals surface area contributed by atoms with E-state index in [-0.39, 0.29) is 24.0 Å². The number of unbranched alkanes of at least 4 members (excludes halogenated alkanes) is 1. The minimum Gasteiger partial charge on any atom is -0.383 e. The fraction of sp³-hybridized carbons (Fsp3) is 0.929. The molecule has 0 aromatic heterocycles. The van der Waals surface area contributed by atoms with Crippen LogP contribution in [0.5, 0.6) is 0 Å². The van der Waals surface area contributed by atoms with Crippen LogP contribution in [0.25, 0.3) is 0 Å². The van der Waals surface area contributed by atoms with Gasteiger partial charge in [0.2, 0.25) is 0 Å². The summed E-state index contributed by atoms with van der Waals surface area (Å²) in [5, 5.41) is 3.34. The molecule has 0 saturated heterocycles. The van der Waals surface area contributed by atoms with Gasteiger partial charge in [0.15, 0.2) is 5.96 Å². The van der Waals surface area contributed by atoms with E-state index >= 15 is 0 Å². The number of hydrogen-bond donors (Lipinski definition) is 1. The molecule has 0 rings (SSSR count). The van der Waals surface area contributed by atoms with Crippen LogP contribution in [-0.2, 0) is 4.74 Å². The van der Waals surface area contributed by atoms with Gasteiger partial charge in [0.05, 0.1) is 13.2 Å². The van der Waals surface area contributed by atoms with Gasteiger partial charge in [0.25, 0.3) is 0 Å². The number of halogens is 1. The predicted octanol–water partition coefficient (Wildman–Crippen LogP) is 1.88. The molecule has 0 saturated carbocycles. The molecule has 0 aliphatic carbocycles. The molecule has 6 heteroatoms. The van der Waals surface area contributed by atoms with Crippen molar-refractivity contribution in [3.8, 4) is 0 Å². The van der Waals surface area contributed by atoms with Gasteiger partial charge >= 0.3 is 0 Å². The summed E-state index contributed by atoms with van der Waals surface area (Å²) in [5.41, 5.74) is 0. The number of likely N-dealkylation sites (N-methyl/N-ethyl adjacent to an activating group) is 1. The Hall–Kier alpha value is -0.0800. The zero-order valence-corrected chi connectivity index (χ0v) is 16.1. The van der Waals surface area contributed by atoms with Crippen molar-refractivity contribution in [3.63, 3.8) is 0 Å². The minimum atomic E-state index is 0. The molecule has 0 radical (unpaired) electrons. The van der Waals surface area contributed by atoms with Gasteiger partial charge in [-0.25, -0.2) is 0 Å². The van der Waals surface area contributed by atoms with Gasteiger partial charge in [-0.05, 0) is 20.4 Å². The van der Waals surface area contributed by atoms with Crippen molar-refractivity contribution >= 4 is 29.9 Å². The van der Waals surface area contributed by atoms with Crippen molar-refractivity contribution in [2.75, 3.05) is 60.5 Å². The van der Waals surface area contributed by atoms with Crippen LogP contribution in [0.4, 0.5) is 0 Å². The Kier molecular flexibility index (Phi) is 17.0. The van der Waals surface area contributed by atoms with Crippen molar-refractivity contribution in [2.45, 2.75) is 26.7 Å². The Labute approximate surface area is 142 Å². The number of aliphatic imine (C=N–C) groups is 1. The first kappa shape index (κ1) is 22.2. The summed E-state index contributed by atoms with van der Waals surface area (Å²) < 4.78 is 5.06. The van der Waals surface area contributed by atoms with Gasteiger partial charge < -0.3 is 19.9 Å². The molecule has 0 aromatic carbocycles. The predicted molar refractivity (Wildman–Crippen MR) is 98.3 cm³/mol. The Bertz CT molecular complexity index is 239. The smallest absolute Gasteiger partial charge is 0.193 e. The lowest BCUT2D eigenvalue weighted by Gasteiger charge is -2.22. The average Bonchev–Trinajstić information content (AvgIpc) is 2.41. The summed E-state index contributed by atoms with van der Waals surface area (Å²) in [6.45, 7) is 9.79. The molecule has 0 heterocycles. The van der Waals surface area contributed by atoms with Gasteiger partial charge in [0.1, 0.15) is 0 Å². The maximum absolute atomic E-state index is 5.06. The van der Waals surface area contributed by atoms with Crippen LogP contribution in [-0.4, -0.2) is 76.3 Å². The molecule has 0 aliphatic heterocycles. The molecule has 0 unspecified atom stereocenters. The highest BCUT2D eigenvalue weighted by Gasteiger charge is 2.04. The molecular weight excluding hydrogens is 367 g/mol. The third kappa shape index (κ3) is 11.7. The number of methoxy groups -OCH3 is 1. The van der Waals surface area contributed by atoms with Crippen LogP contribution in [0.15, 0.2) is 4.99 Å². The Morgan fingerprint density at radius 1 is 1.15 bits per heavy atom.